The van der Waals surface area contributed by atoms with Crippen LogP contribution in [0.3, 0.4) is 0 Å². The van der Waals surface area contributed by atoms with Crippen LogP contribution in [0.25, 0.3) is 0 Å². The maximum Gasteiger partial charge on any atom is 0.251 e. The SMILES string of the molecule is Nc1nn(CCC2CC2(F)F)cc1Br. The van der Waals surface area contributed by atoms with Crippen LogP contribution >= 0.6 is 15.9 Å². The highest BCUT2D eigenvalue weighted by Crippen LogP contribution is 2.50. The maximum absolute atomic E-state index is 12.5. The highest BCUT2D eigenvalue weighted by atomic mass is 79.9. The van der Waals surface area contributed by atoms with Crippen molar-refractivity contribution in [2.45, 2.75) is 25.3 Å². The number of halogens is 3. The summed E-state index contributed by atoms with van der Waals surface area (Å²) in [6.07, 6.45) is 2.18. The molecule has 2 rings (SSSR count). The van der Waals surface area contributed by atoms with Gasteiger partial charge in [-0.05, 0) is 22.4 Å². The quantitative estimate of drug-likeness (QED) is 0.912. The van der Waals surface area contributed by atoms with Gasteiger partial charge < -0.3 is 5.73 Å². The van der Waals surface area contributed by atoms with Gasteiger partial charge in [-0.15, -0.1) is 0 Å². The molecule has 0 spiro atoms. The monoisotopic (exact) mass is 265 g/mol. The highest BCUT2D eigenvalue weighted by molar-refractivity contribution is 9.10. The van der Waals surface area contributed by atoms with Crippen LogP contribution in [0, 0.1) is 5.92 Å². The third kappa shape index (κ3) is 1.89. The second-order valence-electron chi connectivity index (χ2n) is 3.58. The van der Waals surface area contributed by atoms with Crippen molar-refractivity contribution in [3.63, 3.8) is 0 Å². The first-order valence-corrected chi connectivity index (χ1v) is 5.14. The number of nitrogens with two attached hydrogens (primary N) is 1. The van der Waals surface area contributed by atoms with Crippen LogP contribution in [0.4, 0.5) is 14.6 Å². The van der Waals surface area contributed by atoms with Crippen molar-refractivity contribution in [1.82, 2.24) is 9.78 Å². The van der Waals surface area contributed by atoms with Gasteiger partial charge in [0.15, 0.2) is 5.82 Å². The lowest BCUT2D eigenvalue weighted by Gasteiger charge is -1.99. The van der Waals surface area contributed by atoms with Gasteiger partial charge in [-0.2, -0.15) is 5.10 Å². The van der Waals surface area contributed by atoms with Crippen LogP contribution in [-0.4, -0.2) is 15.7 Å². The molecule has 0 bridgehead atoms. The molecule has 1 fully saturated rings. The molecule has 14 heavy (non-hydrogen) atoms. The summed E-state index contributed by atoms with van der Waals surface area (Å²) >= 11 is 3.20. The number of nitrogens with zero attached hydrogens (tertiary/aromatic N) is 2. The van der Waals surface area contributed by atoms with E-state index in [1.54, 1.807) is 10.9 Å². The van der Waals surface area contributed by atoms with Crippen LogP contribution in [0.15, 0.2) is 10.7 Å². The zero-order valence-electron chi connectivity index (χ0n) is 7.38. The second-order valence-corrected chi connectivity index (χ2v) is 4.43. The fourth-order valence-corrected chi connectivity index (χ4v) is 1.71. The average Bonchev–Trinajstić information content (AvgIpc) is 2.56. The van der Waals surface area contributed by atoms with Crippen LogP contribution < -0.4 is 5.73 Å². The van der Waals surface area contributed by atoms with Crippen LogP contribution in [0.1, 0.15) is 12.8 Å². The molecule has 78 valence electrons. The Labute approximate surface area is 88.4 Å². The van der Waals surface area contributed by atoms with E-state index < -0.39 is 11.8 Å². The van der Waals surface area contributed by atoms with Gasteiger partial charge in [0.25, 0.3) is 5.92 Å². The van der Waals surface area contributed by atoms with Gasteiger partial charge >= 0.3 is 0 Å². The molecule has 1 aromatic rings. The fraction of sp³-hybridized carbons (Fsp3) is 0.625. The van der Waals surface area contributed by atoms with E-state index in [9.17, 15) is 8.78 Å². The summed E-state index contributed by atoms with van der Waals surface area (Å²) in [7, 11) is 0. The summed E-state index contributed by atoms with van der Waals surface area (Å²) in [6, 6.07) is 0. The highest BCUT2D eigenvalue weighted by Gasteiger charge is 2.55. The van der Waals surface area contributed by atoms with E-state index in [-0.39, 0.29) is 6.42 Å². The molecule has 1 unspecified atom stereocenters. The number of hydrogen-bond donors (Lipinski definition) is 1. The van der Waals surface area contributed by atoms with Crippen molar-refractivity contribution in [3.8, 4) is 0 Å². The molecule has 0 amide bonds. The third-order valence-electron chi connectivity index (χ3n) is 2.41. The van der Waals surface area contributed by atoms with Crippen molar-refractivity contribution in [3.05, 3.63) is 10.7 Å². The normalized spacial score (nSPS) is 23.8. The van der Waals surface area contributed by atoms with Gasteiger partial charge in [0.1, 0.15) is 0 Å². The minimum absolute atomic E-state index is 0.0188. The maximum atomic E-state index is 12.5. The zero-order valence-corrected chi connectivity index (χ0v) is 8.97. The van der Waals surface area contributed by atoms with Crippen molar-refractivity contribution in [1.29, 1.82) is 0 Å². The minimum Gasteiger partial charge on any atom is -0.381 e. The lowest BCUT2D eigenvalue weighted by Crippen LogP contribution is -2.03. The predicted octanol–water partition coefficient (Wildman–Crippen LogP) is 2.27. The van der Waals surface area contributed by atoms with Crippen molar-refractivity contribution in [2.75, 3.05) is 5.73 Å². The molecule has 6 heteroatoms. The Morgan fingerprint density at radius 1 is 1.71 bits per heavy atom. The van der Waals surface area contributed by atoms with E-state index in [4.69, 9.17) is 5.73 Å². The molecule has 1 saturated carbocycles. The summed E-state index contributed by atoms with van der Waals surface area (Å²) in [5.41, 5.74) is 5.49. The average molecular weight is 266 g/mol. The molecule has 1 aliphatic rings. The van der Waals surface area contributed by atoms with Crippen LogP contribution in [0.5, 0.6) is 0 Å². The Balaban J connectivity index is 1.87. The van der Waals surface area contributed by atoms with Crippen molar-refractivity contribution in [2.24, 2.45) is 5.92 Å². The molecule has 1 aliphatic carbocycles. The summed E-state index contributed by atoms with van der Waals surface area (Å²) in [4.78, 5) is 0. The summed E-state index contributed by atoms with van der Waals surface area (Å²) in [5, 5.41) is 3.96. The Morgan fingerprint density at radius 3 is 2.79 bits per heavy atom. The number of hydrogen-bond acceptors (Lipinski definition) is 2. The largest absolute Gasteiger partial charge is 0.381 e. The predicted molar refractivity (Wildman–Crippen MR) is 52.0 cm³/mol. The Bertz CT molecular complexity index is 331. The number of anilines is 1. The number of aryl methyl sites for hydroxylation is 1. The summed E-state index contributed by atoms with van der Waals surface area (Å²) < 4.78 is 27.3. The van der Waals surface area contributed by atoms with Crippen molar-refractivity contribution < 1.29 is 8.78 Å². The number of rotatable bonds is 3. The van der Waals surface area contributed by atoms with E-state index in [2.05, 4.69) is 21.0 Å². The molecule has 1 atom stereocenters. The number of nitrogen functional groups attached to an aromatic ring is 1. The van der Waals surface area contributed by atoms with E-state index in [0.29, 0.717) is 23.3 Å². The summed E-state index contributed by atoms with van der Waals surface area (Å²) in [5.74, 6) is -2.50. The van der Waals surface area contributed by atoms with Gasteiger partial charge in [0.2, 0.25) is 0 Å². The van der Waals surface area contributed by atoms with Gasteiger partial charge in [0, 0.05) is 25.1 Å². The van der Waals surface area contributed by atoms with Crippen molar-refractivity contribution >= 4 is 21.7 Å². The minimum atomic E-state index is -2.43. The molecule has 1 heterocycles. The Hall–Kier alpha value is -0.650. The molecule has 2 N–H and O–H groups in total. The van der Waals surface area contributed by atoms with E-state index in [0.717, 1.165) is 0 Å². The zero-order chi connectivity index (χ0) is 10.3. The van der Waals surface area contributed by atoms with Gasteiger partial charge in [-0.1, -0.05) is 0 Å². The molecular formula is C8H10BrF2N3. The van der Waals surface area contributed by atoms with Gasteiger partial charge in [-0.3, -0.25) is 4.68 Å². The van der Waals surface area contributed by atoms with Crippen LogP contribution in [0.2, 0.25) is 0 Å². The molecule has 0 aromatic carbocycles. The molecule has 0 aliphatic heterocycles. The molecule has 3 nitrogen and oxygen atoms in total. The van der Waals surface area contributed by atoms with Crippen LogP contribution in [-0.2, 0) is 6.54 Å². The molecule has 0 radical (unpaired) electrons. The summed E-state index contributed by atoms with van der Waals surface area (Å²) in [6.45, 7) is 0.496. The third-order valence-corrected chi connectivity index (χ3v) is 3.02. The van der Waals surface area contributed by atoms with E-state index in [1.807, 2.05) is 0 Å². The smallest absolute Gasteiger partial charge is 0.251 e. The van der Waals surface area contributed by atoms with E-state index in [1.165, 1.54) is 0 Å². The standard InChI is InChI=1S/C8H10BrF2N3/c9-6-4-14(13-7(6)12)2-1-5-3-8(5,10)11/h4-5H,1-3H2,(H2,12,13). The lowest BCUT2D eigenvalue weighted by atomic mass is 10.3. The second kappa shape index (κ2) is 3.18. The number of aromatic nitrogens is 2. The molecule has 1 aromatic heterocycles. The molecular weight excluding hydrogens is 256 g/mol. The first-order chi connectivity index (χ1) is 6.49. The topological polar surface area (TPSA) is 43.8 Å². The fourth-order valence-electron chi connectivity index (χ4n) is 1.40. The first-order valence-electron chi connectivity index (χ1n) is 4.35. The number of alkyl halides is 2. The lowest BCUT2D eigenvalue weighted by molar-refractivity contribution is 0.0958. The van der Waals surface area contributed by atoms with E-state index >= 15 is 0 Å². The first kappa shape index (κ1) is 9.89. The Kier molecular flexibility index (Phi) is 2.25. The van der Waals surface area contributed by atoms with Gasteiger partial charge in [-0.25, -0.2) is 8.78 Å². The molecule has 0 saturated heterocycles. The van der Waals surface area contributed by atoms with Gasteiger partial charge in [0.05, 0.1) is 4.47 Å². The Morgan fingerprint density at radius 2 is 2.36 bits per heavy atom.